The van der Waals surface area contributed by atoms with Crippen LogP contribution in [0.2, 0.25) is 0 Å². The zero-order valence-corrected chi connectivity index (χ0v) is 15.0. The van der Waals surface area contributed by atoms with Gasteiger partial charge in [-0.3, -0.25) is 9.78 Å². The Balaban J connectivity index is 1.33. The predicted octanol–water partition coefficient (Wildman–Crippen LogP) is 1.98. The third-order valence-corrected chi connectivity index (χ3v) is 6.15. The Bertz CT molecular complexity index is 588. The molecule has 0 saturated carbocycles. The van der Waals surface area contributed by atoms with E-state index in [9.17, 15) is 4.79 Å². The average Bonchev–Trinajstić information content (AvgIpc) is 3.27. The maximum absolute atomic E-state index is 12.7. The van der Waals surface area contributed by atoms with Crippen molar-refractivity contribution in [2.24, 2.45) is 11.3 Å². The number of carbonyl (C=O) groups is 1. The van der Waals surface area contributed by atoms with Gasteiger partial charge >= 0.3 is 0 Å². The molecule has 1 aromatic heterocycles. The van der Waals surface area contributed by atoms with Gasteiger partial charge in [0.2, 0.25) is 5.91 Å². The molecule has 0 N–H and O–H groups in total. The maximum atomic E-state index is 12.7. The number of ether oxygens (including phenoxy) is 1. The van der Waals surface area contributed by atoms with Crippen molar-refractivity contribution in [1.29, 1.82) is 0 Å². The van der Waals surface area contributed by atoms with Gasteiger partial charge in [-0.1, -0.05) is 6.07 Å². The van der Waals surface area contributed by atoms with E-state index in [0.717, 1.165) is 44.8 Å². The highest BCUT2D eigenvalue weighted by molar-refractivity contribution is 5.78. The number of pyridine rings is 1. The first-order valence-corrected chi connectivity index (χ1v) is 9.69. The van der Waals surface area contributed by atoms with Crippen molar-refractivity contribution in [2.45, 2.75) is 32.1 Å². The van der Waals surface area contributed by atoms with Crippen molar-refractivity contribution in [1.82, 2.24) is 14.8 Å². The van der Waals surface area contributed by atoms with E-state index in [0.29, 0.717) is 17.8 Å². The minimum absolute atomic E-state index is 0.259. The number of likely N-dealkylation sites (tertiary alicyclic amines) is 2. The molecule has 3 saturated heterocycles. The lowest BCUT2D eigenvalue weighted by atomic mass is 9.79. The van der Waals surface area contributed by atoms with E-state index in [1.807, 2.05) is 12.1 Å². The summed E-state index contributed by atoms with van der Waals surface area (Å²) < 4.78 is 5.52. The van der Waals surface area contributed by atoms with Crippen LogP contribution in [0.15, 0.2) is 24.5 Å². The van der Waals surface area contributed by atoms with Crippen molar-refractivity contribution in [2.75, 3.05) is 45.9 Å². The first-order valence-electron chi connectivity index (χ1n) is 9.69. The Morgan fingerprint density at radius 2 is 2.28 bits per heavy atom. The molecule has 2 atom stereocenters. The van der Waals surface area contributed by atoms with Gasteiger partial charge in [0, 0.05) is 50.6 Å². The Morgan fingerprint density at radius 3 is 3.08 bits per heavy atom. The second-order valence-electron chi connectivity index (χ2n) is 8.17. The number of piperidine rings is 1. The molecule has 3 fully saturated rings. The highest BCUT2D eigenvalue weighted by Crippen LogP contribution is 2.39. The van der Waals surface area contributed by atoms with Gasteiger partial charge in [0.25, 0.3) is 0 Å². The molecular formula is C20H29N3O2. The molecule has 0 bridgehead atoms. The molecule has 1 amide bonds. The summed E-state index contributed by atoms with van der Waals surface area (Å²) in [7, 11) is 0. The largest absolute Gasteiger partial charge is 0.381 e. The van der Waals surface area contributed by atoms with E-state index in [4.69, 9.17) is 4.74 Å². The van der Waals surface area contributed by atoms with Crippen LogP contribution in [0.1, 0.15) is 31.2 Å². The molecule has 5 heteroatoms. The summed E-state index contributed by atoms with van der Waals surface area (Å²) in [6.45, 7) is 7.22. The minimum atomic E-state index is 0.259. The zero-order chi connectivity index (χ0) is 17.1. The third kappa shape index (κ3) is 4.04. The second-order valence-corrected chi connectivity index (χ2v) is 8.17. The summed E-state index contributed by atoms with van der Waals surface area (Å²) in [4.78, 5) is 21.6. The smallest absolute Gasteiger partial charge is 0.227 e. The SMILES string of the molecule is O=C(Cc1cccnc1)N1CCC[C@@]2(CCN(C[C@@H]3CCOC3)C2)C1. The Labute approximate surface area is 150 Å². The van der Waals surface area contributed by atoms with Gasteiger partial charge in [-0.2, -0.15) is 0 Å². The highest BCUT2D eigenvalue weighted by atomic mass is 16.5. The fourth-order valence-electron chi connectivity index (χ4n) is 4.82. The molecule has 4 heterocycles. The van der Waals surface area contributed by atoms with Crippen molar-refractivity contribution in [3.8, 4) is 0 Å². The summed E-state index contributed by atoms with van der Waals surface area (Å²) >= 11 is 0. The van der Waals surface area contributed by atoms with Crippen LogP contribution in [0, 0.1) is 11.3 Å². The first-order chi connectivity index (χ1) is 12.2. The van der Waals surface area contributed by atoms with Gasteiger partial charge < -0.3 is 14.5 Å². The Morgan fingerprint density at radius 1 is 1.32 bits per heavy atom. The Hall–Kier alpha value is -1.46. The van der Waals surface area contributed by atoms with Crippen LogP contribution in [-0.4, -0.2) is 66.6 Å². The molecule has 0 aliphatic carbocycles. The highest BCUT2D eigenvalue weighted by Gasteiger charge is 2.42. The van der Waals surface area contributed by atoms with Crippen LogP contribution in [0.5, 0.6) is 0 Å². The van der Waals surface area contributed by atoms with Gasteiger partial charge in [-0.15, -0.1) is 0 Å². The molecular weight excluding hydrogens is 314 g/mol. The number of amides is 1. The molecule has 0 unspecified atom stereocenters. The van der Waals surface area contributed by atoms with Crippen LogP contribution in [0.25, 0.3) is 0 Å². The molecule has 3 aliphatic rings. The van der Waals surface area contributed by atoms with Crippen LogP contribution in [-0.2, 0) is 16.0 Å². The number of rotatable bonds is 4. The molecule has 4 rings (SSSR count). The average molecular weight is 343 g/mol. The lowest BCUT2D eigenvalue weighted by molar-refractivity contribution is -0.133. The first kappa shape index (κ1) is 17.0. The van der Waals surface area contributed by atoms with Crippen molar-refractivity contribution >= 4 is 5.91 Å². The molecule has 1 spiro atoms. The van der Waals surface area contributed by atoms with E-state index in [-0.39, 0.29) is 5.91 Å². The zero-order valence-electron chi connectivity index (χ0n) is 15.0. The van der Waals surface area contributed by atoms with E-state index in [1.165, 1.54) is 32.4 Å². The number of nitrogens with zero attached hydrogens (tertiary/aromatic N) is 3. The summed E-state index contributed by atoms with van der Waals surface area (Å²) in [5, 5.41) is 0. The van der Waals surface area contributed by atoms with Crippen LogP contribution >= 0.6 is 0 Å². The van der Waals surface area contributed by atoms with Gasteiger partial charge in [-0.25, -0.2) is 0 Å². The number of hydrogen-bond acceptors (Lipinski definition) is 4. The lowest BCUT2D eigenvalue weighted by Crippen LogP contribution is -2.48. The summed E-state index contributed by atoms with van der Waals surface area (Å²) in [6, 6.07) is 3.90. The monoisotopic (exact) mass is 343 g/mol. The second kappa shape index (κ2) is 7.42. The van der Waals surface area contributed by atoms with Gasteiger partial charge in [0.15, 0.2) is 0 Å². The quantitative estimate of drug-likeness (QED) is 0.839. The third-order valence-electron chi connectivity index (χ3n) is 6.15. The fourth-order valence-corrected chi connectivity index (χ4v) is 4.82. The van der Waals surface area contributed by atoms with Gasteiger partial charge in [-0.05, 0) is 49.8 Å². The van der Waals surface area contributed by atoms with Crippen molar-refractivity contribution in [3.63, 3.8) is 0 Å². The molecule has 5 nitrogen and oxygen atoms in total. The topological polar surface area (TPSA) is 45.7 Å². The number of hydrogen-bond donors (Lipinski definition) is 0. The number of carbonyl (C=O) groups excluding carboxylic acids is 1. The van der Waals surface area contributed by atoms with Crippen LogP contribution in [0.4, 0.5) is 0 Å². The number of aromatic nitrogens is 1. The van der Waals surface area contributed by atoms with E-state index in [1.54, 1.807) is 12.4 Å². The normalized spacial score (nSPS) is 30.2. The maximum Gasteiger partial charge on any atom is 0.227 e. The molecule has 3 aliphatic heterocycles. The minimum Gasteiger partial charge on any atom is -0.381 e. The van der Waals surface area contributed by atoms with Crippen molar-refractivity contribution in [3.05, 3.63) is 30.1 Å². The molecule has 0 radical (unpaired) electrons. The summed E-state index contributed by atoms with van der Waals surface area (Å²) in [6.07, 6.45) is 8.88. The molecule has 136 valence electrons. The van der Waals surface area contributed by atoms with Crippen LogP contribution < -0.4 is 0 Å². The molecule has 25 heavy (non-hydrogen) atoms. The summed E-state index contributed by atoms with van der Waals surface area (Å²) in [5.41, 5.74) is 1.34. The predicted molar refractivity (Wildman–Crippen MR) is 96.2 cm³/mol. The van der Waals surface area contributed by atoms with Crippen LogP contribution in [0.3, 0.4) is 0 Å². The summed E-state index contributed by atoms with van der Waals surface area (Å²) in [5.74, 6) is 0.969. The van der Waals surface area contributed by atoms with Crippen molar-refractivity contribution < 1.29 is 9.53 Å². The molecule has 1 aromatic rings. The Kier molecular flexibility index (Phi) is 5.04. The fraction of sp³-hybridized carbons (Fsp3) is 0.700. The van der Waals surface area contributed by atoms with Gasteiger partial charge in [0.1, 0.15) is 0 Å². The van der Waals surface area contributed by atoms with E-state index < -0.39 is 0 Å². The standard InChI is InChI=1S/C20H29N3O2/c24-19(11-17-3-1-7-21-12-17)23-8-2-5-20(16-23)6-9-22(15-20)13-18-4-10-25-14-18/h1,3,7,12,18H,2,4-6,8-11,13-16H2/t18-,20-/m0/s1. The van der Waals surface area contributed by atoms with E-state index >= 15 is 0 Å². The molecule has 0 aromatic carbocycles. The van der Waals surface area contributed by atoms with Gasteiger partial charge in [0.05, 0.1) is 13.0 Å². The lowest BCUT2D eigenvalue weighted by Gasteiger charge is -2.40. The van der Waals surface area contributed by atoms with E-state index in [2.05, 4.69) is 14.8 Å².